The van der Waals surface area contributed by atoms with Crippen molar-refractivity contribution >= 4 is 21.4 Å². The molecule has 0 spiro atoms. The Morgan fingerprint density at radius 2 is 2.05 bits per heavy atom. The van der Waals surface area contributed by atoms with E-state index in [1.807, 2.05) is 12.3 Å². The number of nitrogens with two attached hydrogens (primary N) is 1. The molecule has 1 aromatic rings. The molecule has 8 nitrogen and oxygen atoms in total. The van der Waals surface area contributed by atoms with Crippen LogP contribution in [-0.2, 0) is 10.0 Å². The Kier molecular flexibility index (Phi) is 6.00. The van der Waals surface area contributed by atoms with E-state index < -0.39 is 31.3 Å². The van der Waals surface area contributed by atoms with Crippen LogP contribution in [0.15, 0.2) is 17.0 Å². The van der Waals surface area contributed by atoms with E-state index in [4.69, 9.17) is 5.84 Å². The highest BCUT2D eigenvalue weighted by Gasteiger charge is 2.26. The molecule has 0 radical (unpaired) electrons. The molecule has 0 aliphatic carbocycles. The van der Waals surface area contributed by atoms with E-state index >= 15 is 0 Å². The van der Waals surface area contributed by atoms with E-state index in [0.29, 0.717) is 12.5 Å². The molecule has 0 unspecified atom stereocenters. The number of sulfonamides is 1. The SMILES string of the molecule is CCCCCNS(=O)(=O)c1c(F)cc([N+](=O)[O-])cc1NN. The fraction of sp³-hybridized carbons (Fsp3) is 0.455. The molecule has 0 aliphatic rings. The summed E-state index contributed by atoms with van der Waals surface area (Å²) >= 11 is 0. The number of nitrogens with one attached hydrogen (secondary N) is 2. The third kappa shape index (κ3) is 4.34. The Morgan fingerprint density at radius 1 is 1.38 bits per heavy atom. The van der Waals surface area contributed by atoms with Gasteiger partial charge in [-0.2, -0.15) is 0 Å². The first-order chi connectivity index (χ1) is 9.83. The second kappa shape index (κ2) is 7.29. The van der Waals surface area contributed by atoms with E-state index in [-0.39, 0.29) is 12.2 Å². The maximum Gasteiger partial charge on any atom is 0.274 e. The number of nitrogens with zero attached hydrogens (tertiary/aromatic N) is 1. The highest BCUT2D eigenvalue weighted by Crippen LogP contribution is 2.29. The summed E-state index contributed by atoms with van der Waals surface area (Å²) in [5.41, 5.74) is 1.01. The van der Waals surface area contributed by atoms with E-state index in [1.54, 1.807) is 0 Å². The van der Waals surface area contributed by atoms with Crippen molar-refractivity contribution in [2.24, 2.45) is 5.84 Å². The van der Waals surface area contributed by atoms with Crippen LogP contribution in [0.5, 0.6) is 0 Å². The minimum Gasteiger partial charge on any atom is -0.323 e. The van der Waals surface area contributed by atoms with Crippen molar-refractivity contribution in [2.45, 2.75) is 31.1 Å². The van der Waals surface area contributed by atoms with E-state index in [0.717, 1.165) is 18.9 Å². The van der Waals surface area contributed by atoms with Gasteiger partial charge in [0.1, 0.15) is 4.90 Å². The van der Waals surface area contributed by atoms with Crippen molar-refractivity contribution in [3.8, 4) is 0 Å². The molecule has 0 heterocycles. The lowest BCUT2D eigenvalue weighted by atomic mass is 10.2. The fourth-order valence-corrected chi connectivity index (χ4v) is 3.00. The van der Waals surface area contributed by atoms with Crippen molar-refractivity contribution in [2.75, 3.05) is 12.0 Å². The Morgan fingerprint density at radius 3 is 2.57 bits per heavy atom. The van der Waals surface area contributed by atoms with Crippen LogP contribution in [0.2, 0.25) is 0 Å². The lowest BCUT2D eigenvalue weighted by Crippen LogP contribution is -2.27. The van der Waals surface area contributed by atoms with Crippen molar-refractivity contribution in [1.82, 2.24) is 4.72 Å². The minimum atomic E-state index is -4.15. The number of hydrogen-bond acceptors (Lipinski definition) is 6. The molecular formula is C11H17FN4O4S. The van der Waals surface area contributed by atoms with Gasteiger partial charge in [-0.3, -0.25) is 16.0 Å². The molecule has 4 N–H and O–H groups in total. The highest BCUT2D eigenvalue weighted by atomic mass is 32.2. The standard InChI is InChI=1S/C11H17FN4O4S/c1-2-3-4-5-14-21(19,20)11-9(12)6-8(16(17)18)7-10(11)15-13/h6-7,14-15H,2-5,13H2,1H3. The van der Waals surface area contributed by atoms with E-state index in [1.165, 1.54) is 0 Å². The number of nitro groups is 1. The first-order valence-electron chi connectivity index (χ1n) is 6.27. The number of halogens is 1. The van der Waals surface area contributed by atoms with Crippen LogP contribution in [0, 0.1) is 15.9 Å². The van der Waals surface area contributed by atoms with Crippen molar-refractivity contribution in [1.29, 1.82) is 0 Å². The van der Waals surface area contributed by atoms with E-state index in [9.17, 15) is 22.9 Å². The first-order valence-corrected chi connectivity index (χ1v) is 7.76. The average Bonchev–Trinajstić information content (AvgIpc) is 2.42. The quantitative estimate of drug-likeness (QED) is 0.288. The van der Waals surface area contributed by atoms with Crippen LogP contribution in [0.3, 0.4) is 0 Å². The number of nitrogen functional groups attached to an aromatic ring is 1. The Labute approximate surface area is 121 Å². The van der Waals surface area contributed by atoms with Crippen LogP contribution >= 0.6 is 0 Å². The maximum absolute atomic E-state index is 13.9. The summed E-state index contributed by atoms with van der Waals surface area (Å²) in [6, 6.07) is 1.41. The van der Waals surface area contributed by atoms with Gasteiger partial charge in [0.15, 0.2) is 5.82 Å². The zero-order valence-corrected chi connectivity index (χ0v) is 12.2. The number of unbranched alkanes of at least 4 members (excludes halogenated alkanes) is 2. The summed E-state index contributed by atoms with van der Waals surface area (Å²) in [4.78, 5) is 9.06. The molecule has 10 heteroatoms. The molecule has 118 valence electrons. The highest BCUT2D eigenvalue weighted by molar-refractivity contribution is 7.89. The molecule has 0 bridgehead atoms. The van der Waals surface area contributed by atoms with Crippen molar-refractivity contribution in [3.05, 3.63) is 28.1 Å². The molecule has 0 atom stereocenters. The first kappa shape index (κ1) is 17.3. The molecule has 0 aromatic heterocycles. The van der Waals surface area contributed by atoms with Gasteiger partial charge in [-0.1, -0.05) is 19.8 Å². The van der Waals surface area contributed by atoms with Crippen molar-refractivity contribution < 1.29 is 17.7 Å². The molecular weight excluding hydrogens is 303 g/mol. The van der Waals surface area contributed by atoms with Crippen LogP contribution in [-0.4, -0.2) is 19.9 Å². The molecule has 21 heavy (non-hydrogen) atoms. The molecule has 1 rings (SSSR count). The zero-order valence-electron chi connectivity index (χ0n) is 11.4. The Bertz CT molecular complexity index is 621. The topological polar surface area (TPSA) is 127 Å². The van der Waals surface area contributed by atoms with Gasteiger partial charge in [0, 0.05) is 12.6 Å². The number of hydrogen-bond donors (Lipinski definition) is 3. The smallest absolute Gasteiger partial charge is 0.274 e. The van der Waals surface area contributed by atoms with Gasteiger partial charge in [-0.25, -0.2) is 17.5 Å². The summed E-state index contributed by atoms with van der Waals surface area (Å²) in [6.07, 6.45) is 2.34. The predicted octanol–water partition coefficient (Wildman–Crippen LogP) is 1.49. The monoisotopic (exact) mass is 320 g/mol. The van der Waals surface area contributed by atoms with Gasteiger partial charge in [-0.05, 0) is 6.42 Å². The number of hydrazine groups is 1. The van der Waals surface area contributed by atoms with Crippen molar-refractivity contribution in [3.63, 3.8) is 0 Å². The molecule has 0 saturated carbocycles. The zero-order chi connectivity index (χ0) is 16.0. The summed E-state index contributed by atoms with van der Waals surface area (Å²) < 4.78 is 40.3. The number of non-ortho nitro benzene ring substituents is 1. The van der Waals surface area contributed by atoms with E-state index in [2.05, 4.69) is 4.72 Å². The van der Waals surface area contributed by atoms with Gasteiger partial charge in [-0.15, -0.1) is 0 Å². The van der Waals surface area contributed by atoms with Crippen LogP contribution < -0.4 is 16.0 Å². The lowest BCUT2D eigenvalue weighted by Gasteiger charge is -2.12. The predicted molar refractivity (Wildman–Crippen MR) is 75.6 cm³/mol. The van der Waals surface area contributed by atoms with Crippen LogP contribution in [0.25, 0.3) is 0 Å². The number of benzene rings is 1. The minimum absolute atomic E-state index is 0.149. The van der Waals surface area contributed by atoms with Gasteiger partial charge >= 0.3 is 0 Å². The third-order valence-corrected chi connectivity index (χ3v) is 4.27. The summed E-state index contributed by atoms with van der Waals surface area (Å²) in [7, 11) is -4.15. The van der Waals surface area contributed by atoms with Gasteiger partial charge in [0.25, 0.3) is 5.69 Å². The largest absolute Gasteiger partial charge is 0.323 e. The van der Waals surface area contributed by atoms with Crippen LogP contribution in [0.1, 0.15) is 26.2 Å². The molecule has 0 fully saturated rings. The summed E-state index contributed by atoms with van der Waals surface area (Å²) in [5, 5.41) is 10.6. The molecule has 0 aliphatic heterocycles. The number of anilines is 1. The second-order valence-electron chi connectivity index (χ2n) is 4.31. The molecule has 1 aromatic carbocycles. The average molecular weight is 320 g/mol. The van der Waals surface area contributed by atoms with Gasteiger partial charge in [0.05, 0.1) is 16.7 Å². The fourth-order valence-electron chi connectivity index (χ4n) is 1.72. The maximum atomic E-state index is 13.9. The second-order valence-corrected chi connectivity index (χ2v) is 6.01. The number of rotatable bonds is 8. The molecule has 0 saturated heterocycles. The van der Waals surface area contributed by atoms with Crippen LogP contribution in [0.4, 0.5) is 15.8 Å². The Balaban J connectivity index is 3.13. The van der Waals surface area contributed by atoms with Gasteiger partial charge < -0.3 is 5.43 Å². The van der Waals surface area contributed by atoms with Gasteiger partial charge in [0.2, 0.25) is 10.0 Å². The Hall–Kier alpha value is -1.78. The lowest BCUT2D eigenvalue weighted by molar-refractivity contribution is -0.385. The normalized spacial score (nSPS) is 11.4. The molecule has 0 amide bonds. The number of nitro benzene ring substituents is 1. The third-order valence-electron chi connectivity index (χ3n) is 2.74. The summed E-state index contributed by atoms with van der Waals surface area (Å²) in [5.74, 6) is 3.89. The summed E-state index contributed by atoms with van der Waals surface area (Å²) in [6.45, 7) is 2.11.